The topological polar surface area (TPSA) is 37.3 Å². The first kappa shape index (κ1) is 14.1. The van der Waals surface area contributed by atoms with Gasteiger partial charge in [0, 0.05) is 28.9 Å². The van der Waals surface area contributed by atoms with Crippen molar-refractivity contribution in [3.05, 3.63) is 0 Å². The summed E-state index contributed by atoms with van der Waals surface area (Å²) in [6, 6.07) is 0. The number of hydrogen-bond acceptors (Lipinski definition) is 2. The highest BCUT2D eigenvalue weighted by Gasteiger charge is 1.98. The zero-order chi connectivity index (χ0) is 10.6. The average Bonchev–Trinajstić information content (AvgIpc) is 2.20. The van der Waals surface area contributed by atoms with Gasteiger partial charge >= 0.3 is 0 Å². The zero-order valence-electron chi connectivity index (χ0n) is 9.33. The van der Waals surface area contributed by atoms with E-state index in [4.69, 9.17) is 5.11 Å². The maximum absolute atomic E-state index is 11.3. The normalized spacial score (nSPS) is 13.0. The molecule has 0 saturated heterocycles. The molecule has 0 unspecified atom stereocenters. The summed E-state index contributed by atoms with van der Waals surface area (Å²) in [6.07, 6.45) is 8.19. The SMILES string of the molecule is CCCCCCCC[S@](=O)CCCO. The molecule has 0 aliphatic carbocycles. The van der Waals surface area contributed by atoms with Crippen LogP contribution in [0.4, 0.5) is 0 Å². The van der Waals surface area contributed by atoms with E-state index in [0.717, 1.165) is 12.2 Å². The van der Waals surface area contributed by atoms with Crippen molar-refractivity contribution in [2.45, 2.75) is 51.9 Å². The maximum Gasteiger partial charge on any atom is 0.0439 e. The second-order valence-electron chi connectivity index (χ2n) is 3.69. The number of rotatable bonds is 10. The van der Waals surface area contributed by atoms with Crippen molar-refractivity contribution in [2.75, 3.05) is 18.1 Å². The number of hydrogen-bond donors (Lipinski definition) is 1. The van der Waals surface area contributed by atoms with Crippen molar-refractivity contribution in [1.29, 1.82) is 0 Å². The number of aliphatic hydroxyl groups excluding tert-OH is 1. The van der Waals surface area contributed by atoms with Gasteiger partial charge in [-0.25, -0.2) is 0 Å². The highest BCUT2D eigenvalue weighted by atomic mass is 32.2. The average molecular weight is 220 g/mol. The van der Waals surface area contributed by atoms with Gasteiger partial charge in [-0.15, -0.1) is 0 Å². The predicted octanol–water partition coefficient (Wildman–Crippen LogP) is 2.48. The Labute approximate surface area is 90.6 Å². The molecule has 3 heteroatoms. The molecule has 0 aromatic heterocycles. The Morgan fingerprint density at radius 2 is 1.50 bits per heavy atom. The van der Waals surface area contributed by atoms with Crippen LogP contribution in [-0.2, 0) is 10.8 Å². The third-order valence-corrected chi connectivity index (χ3v) is 3.74. The minimum absolute atomic E-state index is 0.169. The van der Waals surface area contributed by atoms with Crippen LogP contribution in [0.1, 0.15) is 51.9 Å². The molecule has 0 saturated carbocycles. The summed E-state index contributed by atoms with van der Waals surface area (Å²) in [5.41, 5.74) is 0. The van der Waals surface area contributed by atoms with Crippen LogP contribution in [0.25, 0.3) is 0 Å². The fourth-order valence-electron chi connectivity index (χ4n) is 1.37. The van der Waals surface area contributed by atoms with Crippen LogP contribution in [-0.4, -0.2) is 27.4 Å². The van der Waals surface area contributed by atoms with E-state index >= 15 is 0 Å². The zero-order valence-corrected chi connectivity index (χ0v) is 10.2. The molecule has 0 aromatic carbocycles. The Balaban J connectivity index is 3.07. The Kier molecular flexibility index (Phi) is 11.3. The van der Waals surface area contributed by atoms with Crippen LogP contribution >= 0.6 is 0 Å². The summed E-state index contributed by atoms with van der Waals surface area (Å²) in [7, 11) is -0.687. The van der Waals surface area contributed by atoms with Crippen molar-refractivity contribution in [3.63, 3.8) is 0 Å². The van der Waals surface area contributed by atoms with Gasteiger partial charge in [0.15, 0.2) is 0 Å². The molecule has 14 heavy (non-hydrogen) atoms. The van der Waals surface area contributed by atoms with E-state index in [1.54, 1.807) is 0 Å². The molecule has 0 bridgehead atoms. The molecule has 0 heterocycles. The quantitative estimate of drug-likeness (QED) is 0.574. The lowest BCUT2D eigenvalue weighted by Gasteiger charge is -2.01. The van der Waals surface area contributed by atoms with E-state index in [0.29, 0.717) is 12.2 Å². The minimum Gasteiger partial charge on any atom is -0.396 e. The third-order valence-electron chi connectivity index (χ3n) is 2.26. The van der Waals surface area contributed by atoms with Crippen molar-refractivity contribution < 1.29 is 9.32 Å². The van der Waals surface area contributed by atoms with E-state index in [1.807, 2.05) is 0 Å². The molecule has 0 aliphatic heterocycles. The van der Waals surface area contributed by atoms with Gasteiger partial charge in [0.2, 0.25) is 0 Å². The van der Waals surface area contributed by atoms with Gasteiger partial charge in [0.25, 0.3) is 0 Å². The second-order valence-corrected chi connectivity index (χ2v) is 5.39. The van der Waals surface area contributed by atoms with E-state index in [-0.39, 0.29) is 6.61 Å². The first-order valence-corrected chi connectivity index (χ1v) is 7.26. The first-order valence-electron chi connectivity index (χ1n) is 5.77. The summed E-state index contributed by atoms with van der Waals surface area (Å²) in [5.74, 6) is 1.50. The molecular weight excluding hydrogens is 196 g/mol. The van der Waals surface area contributed by atoms with E-state index in [9.17, 15) is 4.21 Å². The van der Waals surface area contributed by atoms with E-state index in [1.165, 1.54) is 32.1 Å². The van der Waals surface area contributed by atoms with Gasteiger partial charge in [-0.3, -0.25) is 4.21 Å². The van der Waals surface area contributed by atoms with E-state index < -0.39 is 10.8 Å². The Morgan fingerprint density at radius 3 is 2.14 bits per heavy atom. The van der Waals surface area contributed by atoms with Gasteiger partial charge < -0.3 is 5.11 Å². The van der Waals surface area contributed by atoms with Crippen molar-refractivity contribution in [2.24, 2.45) is 0 Å². The van der Waals surface area contributed by atoms with Gasteiger partial charge in [-0.1, -0.05) is 39.0 Å². The standard InChI is InChI=1S/C11H24O2S/c1-2-3-4-5-6-7-10-14(13)11-8-9-12/h12H,2-11H2,1H3/t14-/m0/s1. The highest BCUT2D eigenvalue weighted by molar-refractivity contribution is 7.84. The van der Waals surface area contributed by atoms with Crippen molar-refractivity contribution >= 4 is 10.8 Å². The molecule has 0 radical (unpaired) electrons. The summed E-state index contributed by atoms with van der Waals surface area (Å²) < 4.78 is 11.3. The Morgan fingerprint density at radius 1 is 0.929 bits per heavy atom. The van der Waals surface area contributed by atoms with Crippen LogP contribution in [0.2, 0.25) is 0 Å². The molecule has 1 N–H and O–H groups in total. The molecule has 2 nitrogen and oxygen atoms in total. The summed E-state index contributed by atoms with van der Waals surface area (Å²) in [4.78, 5) is 0. The monoisotopic (exact) mass is 220 g/mol. The minimum atomic E-state index is -0.687. The second kappa shape index (κ2) is 11.2. The van der Waals surface area contributed by atoms with Gasteiger partial charge in [-0.2, -0.15) is 0 Å². The molecule has 0 fully saturated rings. The highest BCUT2D eigenvalue weighted by Crippen LogP contribution is 2.05. The van der Waals surface area contributed by atoms with Gasteiger partial charge in [0.1, 0.15) is 0 Å². The van der Waals surface area contributed by atoms with Crippen LogP contribution in [0.5, 0.6) is 0 Å². The molecule has 0 aromatic rings. The van der Waals surface area contributed by atoms with E-state index in [2.05, 4.69) is 6.92 Å². The molecule has 0 spiro atoms. The van der Waals surface area contributed by atoms with Gasteiger partial charge in [0.05, 0.1) is 0 Å². The van der Waals surface area contributed by atoms with Crippen LogP contribution in [0.3, 0.4) is 0 Å². The third kappa shape index (κ3) is 10.2. The molecule has 0 rings (SSSR count). The first-order chi connectivity index (χ1) is 6.81. The summed E-state index contributed by atoms with van der Waals surface area (Å²) >= 11 is 0. The fraction of sp³-hybridized carbons (Fsp3) is 1.00. The summed E-state index contributed by atoms with van der Waals surface area (Å²) in [6.45, 7) is 2.38. The van der Waals surface area contributed by atoms with Gasteiger partial charge in [-0.05, 0) is 12.8 Å². The number of aliphatic hydroxyl groups is 1. The molecule has 0 amide bonds. The Bertz CT molecular complexity index is 137. The predicted molar refractivity (Wildman–Crippen MR) is 63.0 cm³/mol. The summed E-state index contributed by atoms with van der Waals surface area (Å²) in [5, 5.41) is 8.55. The molecule has 1 atom stereocenters. The fourth-order valence-corrected chi connectivity index (χ4v) is 2.55. The largest absolute Gasteiger partial charge is 0.396 e. The molecule has 0 aliphatic rings. The van der Waals surface area contributed by atoms with Crippen LogP contribution in [0, 0.1) is 0 Å². The number of unbranched alkanes of at least 4 members (excludes halogenated alkanes) is 5. The Hall–Kier alpha value is 0.110. The molecule has 86 valence electrons. The van der Waals surface area contributed by atoms with Crippen LogP contribution in [0.15, 0.2) is 0 Å². The van der Waals surface area contributed by atoms with Crippen molar-refractivity contribution in [3.8, 4) is 0 Å². The lowest BCUT2D eigenvalue weighted by molar-refractivity contribution is 0.296. The smallest absolute Gasteiger partial charge is 0.0439 e. The molecular formula is C11H24O2S. The lowest BCUT2D eigenvalue weighted by atomic mass is 10.1. The van der Waals surface area contributed by atoms with Crippen LogP contribution < -0.4 is 0 Å². The maximum atomic E-state index is 11.3. The lowest BCUT2D eigenvalue weighted by Crippen LogP contribution is -2.04. The van der Waals surface area contributed by atoms with Crippen molar-refractivity contribution in [1.82, 2.24) is 0 Å².